The van der Waals surface area contributed by atoms with E-state index >= 15 is 0 Å². The number of sulfonamides is 1. The minimum absolute atomic E-state index is 0.0278. The highest BCUT2D eigenvalue weighted by molar-refractivity contribution is 7.92. The Morgan fingerprint density at radius 1 is 1.17 bits per heavy atom. The van der Waals surface area contributed by atoms with Gasteiger partial charge in [-0.25, -0.2) is 8.42 Å². The molecule has 0 bridgehead atoms. The molecule has 0 saturated carbocycles. The number of carbonyl (C=O) groups is 1. The fourth-order valence-electron chi connectivity index (χ4n) is 2.89. The van der Waals surface area contributed by atoms with E-state index in [-0.39, 0.29) is 33.0 Å². The normalized spacial score (nSPS) is 12.7. The average Bonchev–Trinajstić information content (AvgIpc) is 3.01. The standard InChI is InChI=1S/C20H23N3O4S2/c1-4-13(3)21-19(24)15-8-6-7-9-16(15)22-29(26,27)14-10-11-17-18(12-14)28-20(25)23(17)5-2/h6-13,22H,4-5H2,1-3H3,(H,21,24). The van der Waals surface area contributed by atoms with Gasteiger partial charge in [-0.2, -0.15) is 0 Å². The van der Waals surface area contributed by atoms with Gasteiger partial charge in [0.05, 0.1) is 26.4 Å². The van der Waals surface area contributed by atoms with Crippen LogP contribution in [-0.4, -0.2) is 24.9 Å². The Labute approximate surface area is 173 Å². The molecule has 7 nitrogen and oxygen atoms in total. The lowest BCUT2D eigenvalue weighted by Gasteiger charge is -2.15. The molecule has 0 aliphatic heterocycles. The summed E-state index contributed by atoms with van der Waals surface area (Å²) in [5.74, 6) is -0.341. The molecule has 0 radical (unpaired) electrons. The number of para-hydroxylation sites is 1. The van der Waals surface area contributed by atoms with E-state index in [1.165, 1.54) is 12.1 Å². The molecule has 3 rings (SSSR count). The number of rotatable bonds is 7. The molecule has 29 heavy (non-hydrogen) atoms. The average molecular weight is 434 g/mol. The van der Waals surface area contributed by atoms with Crippen molar-refractivity contribution >= 4 is 43.2 Å². The predicted molar refractivity (Wildman–Crippen MR) is 116 cm³/mol. The third kappa shape index (κ3) is 4.35. The van der Waals surface area contributed by atoms with Gasteiger partial charge in [-0.05, 0) is 50.6 Å². The van der Waals surface area contributed by atoms with Crippen molar-refractivity contribution in [2.45, 2.75) is 44.7 Å². The zero-order valence-corrected chi connectivity index (χ0v) is 18.1. The first kappa shape index (κ1) is 21.1. The first-order valence-corrected chi connectivity index (χ1v) is 11.6. The SMILES string of the molecule is CCC(C)NC(=O)c1ccccc1NS(=O)(=O)c1ccc2c(c1)sc(=O)n2CC. The van der Waals surface area contributed by atoms with Gasteiger partial charge in [0.25, 0.3) is 15.9 Å². The van der Waals surface area contributed by atoms with Crippen molar-refractivity contribution < 1.29 is 13.2 Å². The summed E-state index contributed by atoms with van der Waals surface area (Å²) in [5, 5.41) is 2.84. The van der Waals surface area contributed by atoms with Crippen LogP contribution < -0.4 is 14.9 Å². The van der Waals surface area contributed by atoms with E-state index in [0.29, 0.717) is 16.8 Å². The Balaban J connectivity index is 1.95. The van der Waals surface area contributed by atoms with Crippen molar-refractivity contribution in [2.24, 2.45) is 0 Å². The topological polar surface area (TPSA) is 97.3 Å². The van der Waals surface area contributed by atoms with Crippen molar-refractivity contribution in [3.63, 3.8) is 0 Å². The molecule has 1 aromatic heterocycles. The van der Waals surface area contributed by atoms with Crippen molar-refractivity contribution in [1.82, 2.24) is 9.88 Å². The smallest absolute Gasteiger partial charge is 0.308 e. The molecule has 2 N–H and O–H groups in total. The van der Waals surface area contributed by atoms with E-state index in [2.05, 4.69) is 10.0 Å². The van der Waals surface area contributed by atoms with Crippen LogP contribution in [0.5, 0.6) is 0 Å². The molecule has 9 heteroatoms. The highest BCUT2D eigenvalue weighted by Gasteiger charge is 2.20. The third-order valence-corrected chi connectivity index (χ3v) is 6.98. The van der Waals surface area contributed by atoms with Gasteiger partial charge in [0.1, 0.15) is 0 Å². The quantitative estimate of drug-likeness (QED) is 0.597. The van der Waals surface area contributed by atoms with Crippen molar-refractivity contribution in [1.29, 1.82) is 0 Å². The summed E-state index contributed by atoms with van der Waals surface area (Å²) in [5.41, 5.74) is 1.15. The molecular formula is C20H23N3O4S2. The first-order valence-electron chi connectivity index (χ1n) is 9.33. The van der Waals surface area contributed by atoms with Crippen LogP contribution in [0.25, 0.3) is 10.2 Å². The summed E-state index contributed by atoms with van der Waals surface area (Å²) in [6, 6.07) is 11.0. The molecular weight excluding hydrogens is 410 g/mol. The van der Waals surface area contributed by atoms with Gasteiger partial charge in [0, 0.05) is 12.6 Å². The molecule has 1 amide bonds. The number of anilines is 1. The summed E-state index contributed by atoms with van der Waals surface area (Å²) in [7, 11) is -3.94. The van der Waals surface area contributed by atoms with Gasteiger partial charge in [-0.3, -0.25) is 18.9 Å². The van der Waals surface area contributed by atoms with E-state index in [9.17, 15) is 18.0 Å². The van der Waals surface area contributed by atoms with Crippen LogP contribution in [0.15, 0.2) is 52.2 Å². The van der Waals surface area contributed by atoms with E-state index in [1.807, 2.05) is 20.8 Å². The molecule has 0 saturated heterocycles. The third-order valence-electron chi connectivity index (χ3n) is 4.67. The molecule has 0 aliphatic carbocycles. The van der Waals surface area contributed by atoms with Crippen LogP contribution in [-0.2, 0) is 16.6 Å². The molecule has 0 aliphatic rings. The molecule has 154 valence electrons. The summed E-state index contributed by atoms with van der Waals surface area (Å²) in [6.45, 7) is 6.21. The van der Waals surface area contributed by atoms with Crippen molar-refractivity contribution in [3.8, 4) is 0 Å². The Kier molecular flexibility index (Phi) is 6.09. The van der Waals surface area contributed by atoms with Crippen LogP contribution >= 0.6 is 11.3 Å². The molecule has 1 heterocycles. The van der Waals surface area contributed by atoms with E-state index in [1.54, 1.807) is 34.9 Å². The second kappa shape index (κ2) is 8.38. The van der Waals surface area contributed by atoms with Crippen molar-refractivity contribution in [3.05, 3.63) is 57.7 Å². The maximum atomic E-state index is 12.9. The fourth-order valence-corrected chi connectivity index (χ4v) is 5.07. The Morgan fingerprint density at radius 3 is 2.59 bits per heavy atom. The van der Waals surface area contributed by atoms with Crippen molar-refractivity contribution in [2.75, 3.05) is 4.72 Å². The van der Waals surface area contributed by atoms with Crippen LogP contribution in [0, 0.1) is 0 Å². The van der Waals surface area contributed by atoms with Crippen LogP contribution in [0.2, 0.25) is 0 Å². The number of aromatic nitrogens is 1. The minimum atomic E-state index is -3.94. The van der Waals surface area contributed by atoms with Gasteiger partial charge in [0.15, 0.2) is 0 Å². The predicted octanol–water partition coefficient (Wildman–Crippen LogP) is 3.41. The Hall–Kier alpha value is -2.65. The number of carbonyl (C=O) groups excluding carboxylic acids is 1. The van der Waals surface area contributed by atoms with Crippen LogP contribution in [0.3, 0.4) is 0 Å². The molecule has 1 unspecified atom stereocenters. The molecule has 2 aromatic carbocycles. The zero-order chi connectivity index (χ0) is 21.2. The number of nitrogens with zero attached hydrogens (tertiary/aromatic N) is 1. The number of aryl methyl sites for hydroxylation is 1. The fraction of sp³-hybridized carbons (Fsp3) is 0.300. The minimum Gasteiger partial charge on any atom is -0.350 e. The number of hydrogen-bond donors (Lipinski definition) is 2. The summed E-state index contributed by atoms with van der Waals surface area (Å²) in [4.78, 5) is 24.5. The Bertz CT molecular complexity index is 1210. The van der Waals surface area contributed by atoms with Gasteiger partial charge < -0.3 is 5.32 Å². The molecule has 0 spiro atoms. The monoisotopic (exact) mass is 433 g/mol. The molecule has 1 atom stereocenters. The maximum absolute atomic E-state index is 12.9. The highest BCUT2D eigenvalue weighted by atomic mass is 32.2. The first-order chi connectivity index (χ1) is 13.8. The summed E-state index contributed by atoms with van der Waals surface area (Å²) >= 11 is 1.01. The number of benzene rings is 2. The largest absolute Gasteiger partial charge is 0.350 e. The zero-order valence-electron chi connectivity index (χ0n) is 16.4. The number of thiazole rings is 1. The number of nitrogens with one attached hydrogen (secondary N) is 2. The van der Waals surface area contributed by atoms with Crippen LogP contribution in [0.4, 0.5) is 5.69 Å². The lowest BCUT2D eigenvalue weighted by atomic mass is 10.1. The van der Waals surface area contributed by atoms with Gasteiger partial charge >= 0.3 is 4.87 Å². The second-order valence-electron chi connectivity index (χ2n) is 6.68. The summed E-state index contributed by atoms with van der Waals surface area (Å²) in [6.07, 6.45) is 0.764. The highest BCUT2D eigenvalue weighted by Crippen LogP contribution is 2.25. The lowest BCUT2D eigenvalue weighted by Crippen LogP contribution is -2.32. The van der Waals surface area contributed by atoms with Gasteiger partial charge in [-0.15, -0.1) is 0 Å². The Morgan fingerprint density at radius 2 is 1.90 bits per heavy atom. The van der Waals surface area contributed by atoms with E-state index in [4.69, 9.17) is 0 Å². The van der Waals surface area contributed by atoms with Gasteiger partial charge in [-0.1, -0.05) is 30.4 Å². The van der Waals surface area contributed by atoms with Gasteiger partial charge in [0.2, 0.25) is 0 Å². The summed E-state index contributed by atoms with van der Waals surface area (Å²) < 4.78 is 30.6. The lowest BCUT2D eigenvalue weighted by molar-refractivity contribution is 0.0940. The maximum Gasteiger partial charge on any atom is 0.308 e. The number of fused-ring (bicyclic) bond motifs is 1. The van der Waals surface area contributed by atoms with Crippen LogP contribution in [0.1, 0.15) is 37.6 Å². The van der Waals surface area contributed by atoms with E-state index < -0.39 is 10.0 Å². The molecule has 3 aromatic rings. The number of hydrogen-bond acceptors (Lipinski definition) is 5. The number of amides is 1. The van der Waals surface area contributed by atoms with E-state index in [0.717, 1.165) is 17.8 Å². The second-order valence-corrected chi connectivity index (χ2v) is 9.35. The molecule has 0 fully saturated rings.